The van der Waals surface area contributed by atoms with Crippen LogP contribution >= 0.6 is 0 Å². The normalized spacial score (nSPS) is 63.2. The quantitative estimate of drug-likeness (QED) is 0.544. The topological polar surface area (TPSA) is 0 Å². The first kappa shape index (κ1) is 8.19. The first-order valence-corrected chi connectivity index (χ1v) is 6.48. The highest BCUT2D eigenvalue weighted by Crippen LogP contribution is 2.86. The zero-order chi connectivity index (χ0) is 9.77. The molecule has 1 spiro atoms. The Hall–Kier alpha value is 0. The minimum Gasteiger partial charge on any atom is -0.0596 e. The molecule has 0 N–H and O–H groups in total. The summed E-state index contributed by atoms with van der Waals surface area (Å²) in [5.74, 6) is 3.45. The van der Waals surface area contributed by atoms with Gasteiger partial charge in [-0.15, -0.1) is 0 Å². The summed E-state index contributed by atoms with van der Waals surface area (Å²) in [6, 6.07) is 0. The minimum absolute atomic E-state index is 0.573. The van der Waals surface area contributed by atoms with Crippen LogP contribution < -0.4 is 0 Å². The van der Waals surface area contributed by atoms with Crippen LogP contribution in [0.2, 0.25) is 0 Å². The Labute approximate surface area is 87.5 Å². The molecule has 0 aromatic rings. The molecule has 0 heterocycles. The van der Waals surface area contributed by atoms with E-state index < -0.39 is 0 Å². The van der Waals surface area contributed by atoms with Crippen molar-refractivity contribution in [3.63, 3.8) is 0 Å². The highest BCUT2D eigenvalue weighted by molar-refractivity contribution is 5.26. The molecule has 0 aromatic heterocycles. The first-order chi connectivity index (χ1) is 6.48. The Morgan fingerprint density at radius 3 is 2.29 bits per heavy atom. The molecule has 0 saturated heterocycles. The molecule has 3 bridgehead atoms. The van der Waals surface area contributed by atoms with Crippen molar-refractivity contribution < 1.29 is 0 Å². The van der Waals surface area contributed by atoms with Crippen molar-refractivity contribution in [3.8, 4) is 0 Å². The van der Waals surface area contributed by atoms with Crippen molar-refractivity contribution in [2.75, 3.05) is 0 Å². The summed E-state index contributed by atoms with van der Waals surface area (Å²) in [7, 11) is 0. The lowest BCUT2D eigenvalue weighted by atomic mass is 9.56. The minimum atomic E-state index is 0.573. The number of fused-ring (bicyclic) bond motifs is 3. The van der Waals surface area contributed by atoms with Crippen molar-refractivity contribution >= 4 is 0 Å². The summed E-state index contributed by atoms with van der Waals surface area (Å²) < 4.78 is 0. The van der Waals surface area contributed by atoms with Gasteiger partial charge in [0.05, 0.1) is 0 Å². The molecule has 4 aliphatic rings. The smallest absolute Gasteiger partial charge is 0.0212 e. The third-order valence-electron chi connectivity index (χ3n) is 6.92. The molecular weight excluding hydrogens is 168 g/mol. The Kier molecular flexibility index (Phi) is 1.07. The summed E-state index contributed by atoms with van der Waals surface area (Å²) in [4.78, 5) is 0. The van der Waals surface area contributed by atoms with E-state index in [1.807, 2.05) is 0 Å². The third-order valence-corrected chi connectivity index (χ3v) is 6.92. The molecule has 0 aliphatic heterocycles. The van der Waals surface area contributed by atoms with Crippen LogP contribution in [0.4, 0.5) is 0 Å². The van der Waals surface area contributed by atoms with Gasteiger partial charge in [0.25, 0.3) is 0 Å². The highest BCUT2D eigenvalue weighted by atomic mass is 14.8. The van der Waals surface area contributed by atoms with Crippen LogP contribution in [0.15, 0.2) is 0 Å². The molecular formula is C14H22. The van der Waals surface area contributed by atoms with E-state index in [4.69, 9.17) is 0 Å². The standard InChI is InChI=1S/C14H22/c1-12(2,3)14-7-10-4-9-5-11(14)6-13(9,10)8-14/h9-11H,4-8H2,1-3H3. The molecule has 4 saturated carbocycles. The summed E-state index contributed by atoms with van der Waals surface area (Å²) in [5, 5.41) is 0. The van der Waals surface area contributed by atoms with Crippen molar-refractivity contribution in [1.82, 2.24) is 0 Å². The van der Waals surface area contributed by atoms with E-state index in [0.717, 1.165) is 22.7 Å². The maximum absolute atomic E-state index is 2.50. The monoisotopic (exact) mass is 190 g/mol. The van der Waals surface area contributed by atoms with Gasteiger partial charge in [-0.1, -0.05) is 20.8 Å². The Bertz CT molecular complexity index is 310. The lowest BCUT2D eigenvalue weighted by molar-refractivity contribution is 0.00216. The average Bonchev–Trinajstić information content (AvgIpc) is 2.55. The van der Waals surface area contributed by atoms with Crippen LogP contribution in [0.1, 0.15) is 52.9 Å². The fourth-order valence-electron chi connectivity index (χ4n) is 6.20. The number of hydrogen-bond acceptors (Lipinski definition) is 0. The second-order valence-corrected chi connectivity index (χ2v) is 7.79. The molecule has 5 atom stereocenters. The molecule has 14 heavy (non-hydrogen) atoms. The van der Waals surface area contributed by atoms with Gasteiger partial charge in [0, 0.05) is 0 Å². The number of hydrogen-bond donors (Lipinski definition) is 0. The summed E-state index contributed by atoms with van der Waals surface area (Å²) >= 11 is 0. The fourth-order valence-corrected chi connectivity index (χ4v) is 6.20. The van der Waals surface area contributed by atoms with E-state index in [1.54, 1.807) is 32.1 Å². The molecule has 4 rings (SSSR count). The molecule has 0 heteroatoms. The van der Waals surface area contributed by atoms with Gasteiger partial charge < -0.3 is 0 Å². The van der Waals surface area contributed by atoms with E-state index in [2.05, 4.69) is 20.8 Å². The fraction of sp³-hybridized carbons (Fsp3) is 1.00. The van der Waals surface area contributed by atoms with Crippen LogP contribution in [-0.2, 0) is 0 Å². The van der Waals surface area contributed by atoms with Gasteiger partial charge >= 0.3 is 0 Å². The second-order valence-electron chi connectivity index (χ2n) is 7.79. The zero-order valence-corrected chi connectivity index (χ0v) is 9.77. The molecule has 0 amide bonds. The molecule has 4 fully saturated rings. The second kappa shape index (κ2) is 1.83. The van der Waals surface area contributed by atoms with Crippen molar-refractivity contribution in [2.24, 2.45) is 34.0 Å². The predicted molar refractivity (Wildman–Crippen MR) is 57.9 cm³/mol. The Morgan fingerprint density at radius 2 is 1.64 bits per heavy atom. The van der Waals surface area contributed by atoms with Crippen LogP contribution in [0.25, 0.3) is 0 Å². The maximum atomic E-state index is 2.50. The first-order valence-electron chi connectivity index (χ1n) is 6.48. The maximum Gasteiger partial charge on any atom is -0.0212 e. The average molecular weight is 190 g/mol. The number of rotatable bonds is 0. The molecule has 78 valence electrons. The largest absolute Gasteiger partial charge is 0.0596 e. The molecule has 5 unspecified atom stereocenters. The van der Waals surface area contributed by atoms with Gasteiger partial charge in [0.2, 0.25) is 0 Å². The highest BCUT2D eigenvalue weighted by Gasteiger charge is 2.77. The molecule has 4 aliphatic carbocycles. The van der Waals surface area contributed by atoms with Gasteiger partial charge in [-0.2, -0.15) is 0 Å². The predicted octanol–water partition coefficient (Wildman–Crippen LogP) is 3.86. The summed E-state index contributed by atoms with van der Waals surface area (Å²) in [6.07, 6.45) is 8.04. The van der Waals surface area contributed by atoms with Crippen molar-refractivity contribution in [3.05, 3.63) is 0 Å². The Morgan fingerprint density at radius 1 is 0.929 bits per heavy atom. The molecule has 0 aromatic carbocycles. The zero-order valence-electron chi connectivity index (χ0n) is 9.77. The molecule has 0 nitrogen and oxygen atoms in total. The van der Waals surface area contributed by atoms with E-state index in [-0.39, 0.29) is 0 Å². The van der Waals surface area contributed by atoms with Gasteiger partial charge in [-0.25, -0.2) is 0 Å². The third kappa shape index (κ3) is 0.558. The van der Waals surface area contributed by atoms with Gasteiger partial charge in [0.15, 0.2) is 0 Å². The van der Waals surface area contributed by atoms with Gasteiger partial charge in [0.1, 0.15) is 0 Å². The van der Waals surface area contributed by atoms with Crippen molar-refractivity contribution in [1.29, 1.82) is 0 Å². The molecule has 0 radical (unpaired) electrons. The Balaban J connectivity index is 1.86. The van der Waals surface area contributed by atoms with Crippen molar-refractivity contribution in [2.45, 2.75) is 52.9 Å². The van der Waals surface area contributed by atoms with Gasteiger partial charge in [-0.3, -0.25) is 0 Å². The van der Waals surface area contributed by atoms with Crippen LogP contribution in [0, 0.1) is 34.0 Å². The van der Waals surface area contributed by atoms with E-state index >= 15 is 0 Å². The van der Waals surface area contributed by atoms with Crippen LogP contribution in [0.5, 0.6) is 0 Å². The van der Waals surface area contributed by atoms with E-state index in [9.17, 15) is 0 Å². The van der Waals surface area contributed by atoms with Gasteiger partial charge in [-0.05, 0) is 66.1 Å². The SMILES string of the molecule is CC(C)(C)C12CC3CC4CC1CC43C2. The van der Waals surface area contributed by atoms with E-state index in [0.29, 0.717) is 5.41 Å². The lowest BCUT2D eigenvalue weighted by Gasteiger charge is -2.49. The summed E-state index contributed by atoms with van der Waals surface area (Å²) in [6.45, 7) is 7.51. The van der Waals surface area contributed by atoms with E-state index in [1.165, 1.54) is 5.92 Å². The van der Waals surface area contributed by atoms with Crippen LogP contribution in [0.3, 0.4) is 0 Å². The van der Waals surface area contributed by atoms with Crippen LogP contribution in [-0.4, -0.2) is 0 Å². The summed E-state index contributed by atoms with van der Waals surface area (Å²) in [5.41, 5.74) is 2.24. The lowest BCUT2D eigenvalue weighted by Crippen LogP contribution is -2.41.